The SMILES string of the molecule is COc1cc2c(c(F)c1OC1CC1)CCN1CC(OC(C)(C)C)CCC21. The van der Waals surface area contributed by atoms with E-state index in [1.165, 1.54) is 0 Å². The first-order valence-electron chi connectivity index (χ1n) is 9.83. The van der Waals surface area contributed by atoms with E-state index in [1.54, 1.807) is 7.11 Å². The van der Waals surface area contributed by atoms with Crippen molar-refractivity contribution in [2.45, 2.75) is 76.7 Å². The van der Waals surface area contributed by atoms with Gasteiger partial charge in [0.05, 0.1) is 24.9 Å². The van der Waals surface area contributed by atoms with Gasteiger partial charge in [0, 0.05) is 19.1 Å². The third-order valence-corrected chi connectivity index (χ3v) is 5.52. The van der Waals surface area contributed by atoms with Crippen molar-refractivity contribution in [1.82, 2.24) is 4.90 Å². The molecule has 0 bridgehead atoms. The van der Waals surface area contributed by atoms with Crippen molar-refractivity contribution >= 4 is 0 Å². The molecule has 1 aliphatic carbocycles. The minimum absolute atomic E-state index is 0.129. The number of piperidine rings is 1. The van der Waals surface area contributed by atoms with Crippen LogP contribution in [0.3, 0.4) is 0 Å². The third-order valence-electron chi connectivity index (χ3n) is 5.52. The first kappa shape index (κ1) is 18.1. The maximum Gasteiger partial charge on any atom is 0.197 e. The highest BCUT2D eigenvalue weighted by molar-refractivity contribution is 5.51. The molecule has 1 aromatic carbocycles. The molecule has 2 fully saturated rings. The zero-order valence-electron chi connectivity index (χ0n) is 16.3. The molecule has 3 aliphatic rings. The summed E-state index contributed by atoms with van der Waals surface area (Å²) in [6, 6.07) is 2.26. The van der Waals surface area contributed by atoms with E-state index < -0.39 is 0 Å². The van der Waals surface area contributed by atoms with Gasteiger partial charge in [-0.05, 0) is 70.1 Å². The van der Waals surface area contributed by atoms with Crippen LogP contribution in [0.5, 0.6) is 11.5 Å². The van der Waals surface area contributed by atoms with Gasteiger partial charge in [-0.25, -0.2) is 4.39 Å². The van der Waals surface area contributed by atoms with Gasteiger partial charge in [-0.3, -0.25) is 4.90 Å². The first-order chi connectivity index (χ1) is 12.4. The molecule has 2 atom stereocenters. The lowest BCUT2D eigenvalue weighted by molar-refractivity contribution is -0.0972. The van der Waals surface area contributed by atoms with Crippen LogP contribution in [0.4, 0.5) is 4.39 Å². The number of halogens is 1. The molecule has 2 heterocycles. The van der Waals surface area contributed by atoms with Gasteiger partial charge in [-0.2, -0.15) is 0 Å². The summed E-state index contributed by atoms with van der Waals surface area (Å²) in [4.78, 5) is 2.45. The normalized spacial score (nSPS) is 26.2. The number of hydrogen-bond acceptors (Lipinski definition) is 4. The quantitative estimate of drug-likeness (QED) is 0.800. The van der Waals surface area contributed by atoms with Crippen molar-refractivity contribution in [3.05, 3.63) is 23.0 Å². The average Bonchev–Trinajstić information content (AvgIpc) is 3.39. The fourth-order valence-electron chi connectivity index (χ4n) is 4.29. The lowest BCUT2D eigenvalue weighted by Gasteiger charge is -2.45. The third kappa shape index (κ3) is 3.56. The van der Waals surface area contributed by atoms with E-state index >= 15 is 4.39 Å². The molecule has 144 valence electrons. The van der Waals surface area contributed by atoms with Crippen molar-refractivity contribution in [2.75, 3.05) is 20.2 Å². The minimum Gasteiger partial charge on any atom is -0.493 e. The van der Waals surface area contributed by atoms with Crippen molar-refractivity contribution in [2.24, 2.45) is 0 Å². The molecule has 0 amide bonds. The summed E-state index contributed by atoms with van der Waals surface area (Å²) in [7, 11) is 1.59. The van der Waals surface area contributed by atoms with Crippen LogP contribution >= 0.6 is 0 Å². The Morgan fingerprint density at radius 3 is 2.50 bits per heavy atom. The number of methoxy groups -OCH3 is 1. The summed E-state index contributed by atoms with van der Waals surface area (Å²) >= 11 is 0. The standard InChI is InChI=1S/C21H30FNO3/c1-21(2,3)26-14-7-8-17-16-11-18(24-4)20(25-13-5-6-13)19(22)15(16)9-10-23(17)12-14/h11,13-14,17H,5-10,12H2,1-4H3. The predicted molar refractivity (Wildman–Crippen MR) is 98.5 cm³/mol. The molecule has 26 heavy (non-hydrogen) atoms. The van der Waals surface area contributed by atoms with Crippen LogP contribution in [-0.4, -0.2) is 42.9 Å². The fraction of sp³-hybridized carbons (Fsp3) is 0.714. The Morgan fingerprint density at radius 1 is 1.12 bits per heavy atom. The summed E-state index contributed by atoms with van der Waals surface area (Å²) in [6.07, 6.45) is 5.11. The van der Waals surface area contributed by atoms with Gasteiger partial charge in [0.25, 0.3) is 0 Å². The zero-order valence-corrected chi connectivity index (χ0v) is 16.3. The Morgan fingerprint density at radius 2 is 1.85 bits per heavy atom. The van der Waals surface area contributed by atoms with E-state index in [9.17, 15) is 0 Å². The number of rotatable bonds is 4. The molecule has 0 aromatic heterocycles. The zero-order chi connectivity index (χ0) is 18.5. The monoisotopic (exact) mass is 363 g/mol. The molecule has 1 saturated heterocycles. The number of nitrogens with zero attached hydrogens (tertiary/aromatic N) is 1. The number of hydrogen-bond donors (Lipinski definition) is 0. The lowest BCUT2D eigenvalue weighted by atomic mass is 9.85. The van der Waals surface area contributed by atoms with E-state index in [0.717, 1.165) is 49.9 Å². The molecule has 4 rings (SSSR count). The highest BCUT2D eigenvalue weighted by Gasteiger charge is 2.38. The summed E-state index contributed by atoms with van der Waals surface area (Å²) < 4.78 is 32.7. The molecule has 1 saturated carbocycles. The van der Waals surface area contributed by atoms with Crippen molar-refractivity contribution < 1.29 is 18.6 Å². The molecular formula is C21H30FNO3. The summed E-state index contributed by atoms with van der Waals surface area (Å²) in [5.74, 6) is 0.633. The van der Waals surface area contributed by atoms with Crippen LogP contribution < -0.4 is 9.47 Å². The largest absolute Gasteiger partial charge is 0.493 e. The summed E-state index contributed by atoms with van der Waals surface area (Å²) in [5, 5.41) is 0. The number of fused-ring (bicyclic) bond motifs is 3. The van der Waals surface area contributed by atoms with Crippen LogP contribution in [0.25, 0.3) is 0 Å². The van der Waals surface area contributed by atoms with Crippen LogP contribution in [0.2, 0.25) is 0 Å². The van der Waals surface area contributed by atoms with E-state index in [4.69, 9.17) is 14.2 Å². The Labute approximate surface area is 155 Å². The lowest BCUT2D eigenvalue weighted by Crippen LogP contribution is -2.47. The molecule has 1 aromatic rings. The van der Waals surface area contributed by atoms with Gasteiger partial charge in [-0.1, -0.05) is 0 Å². The smallest absolute Gasteiger partial charge is 0.197 e. The highest BCUT2D eigenvalue weighted by Crippen LogP contribution is 2.45. The van der Waals surface area contributed by atoms with Gasteiger partial charge < -0.3 is 14.2 Å². The van der Waals surface area contributed by atoms with Gasteiger partial charge in [0.1, 0.15) is 0 Å². The summed E-state index contributed by atoms with van der Waals surface area (Å²) in [6.45, 7) is 8.09. The van der Waals surface area contributed by atoms with Gasteiger partial charge >= 0.3 is 0 Å². The van der Waals surface area contributed by atoms with E-state index in [-0.39, 0.29) is 29.7 Å². The maximum atomic E-state index is 15.2. The van der Waals surface area contributed by atoms with Gasteiger partial charge in [-0.15, -0.1) is 0 Å². The van der Waals surface area contributed by atoms with E-state index in [0.29, 0.717) is 17.9 Å². The second kappa shape index (κ2) is 6.68. The molecule has 4 nitrogen and oxygen atoms in total. The second-order valence-electron chi connectivity index (χ2n) is 8.80. The van der Waals surface area contributed by atoms with Crippen LogP contribution in [0, 0.1) is 5.82 Å². The molecular weight excluding hydrogens is 333 g/mol. The Balaban J connectivity index is 1.59. The van der Waals surface area contributed by atoms with Crippen LogP contribution in [0.15, 0.2) is 6.07 Å². The average molecular weight is 363 g/mol. The van der Waals surface area contributed by atoms with Crippen molar-refractivity contribution in [3.8, 4) is 11.5 Å². The Hall–Kier alpha value is -1.33. The molecule has 0 radical (unpaired) electrons. The molecule has 0 spiro atoms. The molecule has 0 N–H and O–H groups in total. The minimum atomic E-state index is -0.209. The Kier molecular flexibility index (Phi) is 4.64. The van der Waals surface area contributed by atoms with Gasteiger partial charge in [0.15, 0.2) is 17.3 Å². The van der Waals surface area contributed by atoms with E-state index in [2.05, 4.69) is 25.7 Å². The van der Waals surface area contributed by atoms with Crippen molar-refractivity contribution in [1.29, 1.82) is 0 Å². The van der Waals surface area contributed by atoms with Crippen LogP contribution in [0.1, 0.15) is 63.6 Å². The number of ether oxygens (including phenoxy) is 3. The topological polar surface area (TPSA) is 30.9 Å². The van der Waals surface area contributed by atoms with Crippen LogP contribution in [-0.2, 0) is 11.2 Å². The van der Waals surface area contributed by atoms with Crippen molar-refractivity contribution in [3.63, 3.8) is 0 Å². The fourth-order valence-corrected chi connectivity index (χ4v) is 4.29. The predicted octanol–water partition coefficient (Wildman–Crippen LogP) is 4.25. The Bertz CT molecular complexity index is 681. The number of benzene rings is 1. The first-order valence-corrected chi connectivity index (χ1v) is 9.83. The molecule has 2 unspecified atom stereocenters. The molecule has 2 aliphatic heterocycles. The highest BCUT2D eigenvalue weighted by atomic mass is 19.1. The van der Waals surface area contributed by atoms with E-state index in [1.807, 2.05) is 6.07 Å². The second-order valence-corrected chi connectivity index (χ2v) is 8.80. The molecule has 5 heteroatoms. The van der Waals surface area contributed by atoms with Gasteiger partial charge in [0.2, 0.25) is 0 Å². The summed E-state index contributed by atoms with van der Waals surface area (Å²) in [5.41, 5.74) is 1.76. The maximum absolute atomic E-state index is 15.2.